The minimum Gasteiger partial charge on any atom is -0.388 e. The van der Waals surface area contributed by atoms with Gasteiger partial charge in [-0.25, -0.2) is 4.98 Å². The van der Waals surface area contributed by atoms with Gasteiger partial charge in [0.15, 0.2) is 0 Å². The molecule has 144 valence electrons. The molecule has 2 atom stereocenters. The van der Waals surface area contributed by atoms with E-state index in [2.05, 4.69) is 30.9 Å². The summed E-state index contributed by atoms with van der Waals surface area (Å²) in [4.78, 5) is 27.4. The number of amidine groups is 1. The molecule has 3 rings (SSSR count). The van der Waals surface area contributed by atoms with Crippen LogP contribution in [0.2, 0.25) is 0 Å². The lowest BCUT2D eigenvalue weighted by Crippen LogP contribution is -2.41. The normalized spacial score (nSPS) is 18.9. The number of nitrogens with zero attached hydrogens (tertiary/aromatic N) is 3. The van der Waals surface area contributed by atoms with E-state index in [0.717, 1.165) is 40.9 Å². The SMILES string of the molecule is CC(N)=NC(C(=O)N1CCCC1c1ncc(-c2ccc(Br)cc2)[nH]1)C(C)C. The third-order valence-electron chi connectivity index (χ3n) is 4.83. The quantitative estimate of drug-likeness (QED) is 0.555. The molecule has 0 radical (unpaired) electrons. The topological polar surface area (TPSA) is 87.4 Å². The summed E-state index contributed by atoms with van der Waals surface area (Å²) >= 11 is 3.45. The van der Waals surface area contributed by atoms with Crippen molar-refractivity contribution in [2.75, 3.05) is 6.54 Å². The number of nitrogens with one attached hydrogen (secondary N) is 1. The molecule has 2 unspecified atom stereocenters. The van der Waals surface area contributed by atoms with Gasteiger partial charge in [0.05, 0.1) is 23.8 Å². The van der Waals surface area contributed by atoms with Crippen molar-refractivity contribution in [2.24, 2.45) is 16.6 Å². The summed E-state index contributed by atoms with van der Waals surface area (Å²) in [7, 11) is 0. The lowest BCUT2D eigenvalue weighted by atomic mass is 10.0. The molecule has 2 heterocycles. The van der Waals surface area contributed by atoms with Crippen LogP contribution in [0.25, 0.3) is 11.3 Å². The standard InChI is InChI=1S/C20H26BrN5O/c1-12(2)18(24-13(3)22)20(27)26-10-4-5-17(26)19-23-11-16(25-19)14-6-8-15(21)9-7-14/h6-9,11-12,17-18H,4-5,10H2,1-3H3,(H2,22,24)(H,23,25). The van der Waals surface area contributed by atoms with Crippen LogP contribution in [0, 0.1) is 5.92 Å². The fourth-order valence-electron chi connectivity index (χ4n) is 3.48. The van der Waals surface area contributed by atoms with E-state index < -0.39 is 6.04 Å². The van der Waals surface area contributed by atoms with E-state index in [4.69, 9.17) is 5.73 Å². The molecule has 1 aromatic heterocycles. The van der Waals surface area contributed by atoms with Crippen LogP contribution < -0.4 is 5.73 Å². The molecule has 2 aromatic rings. The first-order chi connectivity index (χ1) is 12.9. The minimum absolute atomic E-state index is 0.0268. The second kappa shape index (κ2) is 8.25. The molecule has 1 amide bonds. The average molecular weight is 432 g/mol. The first-order valence-electron chi connectivity index (χ1n) is 9.28. The van der Waals surface area contributed by atoms with Crippen LogP contribution in [0.15, 0.2) is 39.9 Å². The summed E-state index contributed by atoms with van der Waals surface area (Å²) in [5, 5.41) is 0. The monoisotopic (exact) mass is 431 g/mol. The van der Waals surface area contributed by atoms with Gasteiger partial charge in [-0.05, 0) is 43.4 Å². The highest BCUT2D eigenvalue weighted by molar-refractivity contribution is 9.10. The molecular formula is C20H26BrN5O. The number of hydrogen-bond donors (Lipinski definition) is 2. The third kappa shape index (κ3) is 4.40. The number of carbonyl (C=O) groups is 1. The summed E-state index contributed by atoms with van der Waals surface area (Å²) in [6.45, 7) is 6.44. The number of carbonyl (C=O) groups excluding carboxylic acids is 1. The van der Waals surface area contributed by atoms with E-state index in [-0.39, 0.29) is 17.9 Å². The van der Waals surface area contributed by atoms with Gasteiger partial charge >= 0.3 is 0 Å². The van der Waals surface area contributed by atoms with Gasteiger partial charge < -0.3 is 15.6 Å². The molecule has 0 saturated carbocycles. The van der Waals surface area contributed by atoms with Crippen LogP contribution in [0.1, 0.15) is 45.5 Å². The van der Waals surface area contributed by atoms with E-state index in [1.807, 2.05) is 49.2 Å². The first-order valence-corrected chi connectivity index (χ1v) is 10.1. The number of hydrogen-bond acceptors (Lipinski definition) is 3. The lowest BCUT2D eigenvalue weighted by molar-refractivity contribution is -0.134. The average Bonchev–Trinajstić information content (AvgIpc) is 3.28. The molecule has 1 fully saturated rings. The van der Waals surface area contributed by atoms with Gasteiger partial charge in [-0.15, -0.1) is 0 Å². The van der Waals surface area contributed by atoms with Gasteiger partial charge in [-0.2, -0.15) is 0 Å². The van der Waals surface area contributed by atoms with E-state index in [0.29, 0.717) is 5.84 Å². The summed E-state index contributed by atoms with van der Waals surface area (Å²) < 4.78 is 1.04. The Bertz CT molecular complexity index is 823. The molecule has 7 heteroatoms. The number of aromatic nitrogens is 2. The van der Waals surface area contributed by atoms with Crippen LogP contribution in [0.5, 0.6) is 0 Å². The first kappa shape index (κ1) is 19.6. The van der Waals surface area contributed by atoms with Crippen LogP contribution in [0.3, 0.4) is 0 Å². The smallest absolute Gasteiger partial charge is 0.248 e. The van der Waals surface area contributed by atoms with E-state index in [9.17, 15) is 4.79 Å². The number of imidazole rings is 1. The van der Waals surface area contributed by atoms with Crippen molar-refractivity contribution in [1.82, 2.24) is 14.9 Å². The Morgan fingerprint density at radius 1 is 1.37 bits per heavy atom. The minimum atomic E-state index is -0.448. The highest BCUT2D eigenvalue weighted by Gasteiger charge is 2.36. The van der Waals surface area contributed by atoms with Crippen LogP contribution in [-0.2, 0) is 4.79 Å². The van der Waals surface area contributed by atoms with Crippen molar-refractivity contribution in [1.29, 1.82) is 0 Å². The molecule has 3 N–H and O–H groups in total. The van der Waals surface area contributed by atoms with Crippen molar-refractivity contribution in [3.63, 3.8) is 0 Å². The van der Waals surface area contributed by atoms with Crippen molar-refractivity contribution in [3.8, 4) is 11.3 Å². The molecule has 1 aromatic carbocycles. The number of benzene rings is 1. The van der Waals surface area contributed by atoms with Crippen LogP contribution >= 0.6 is 15.9 Å². The number of aromatic amines is 1. The van der Waals surface area contributed by atoms with Gasteiger partial charge in [-0.3, -0.25) is 9.79 Å². The third-order valence-corrected chi connectivity index (χ3v) is 5.36. The van der Waals surface area contributed by atoms with Crippen LogP contribution in [0.4, 0.5) is 0 Å². The Morgan fingerprint density at radius 3 is 2.70 bits per heavy atom. The maximum absolute atomic E-state index is 13.1. The molecule has 1 aliphatic heterocycles. The van der Waals surface area contributed by atoms with Gasteiger partial charge in [0.2, 0.25) is 5.91 Å². The Kier molecular flexibility index (Phi) is 5.99. The van der Waals surface area contributed by atoms with E-state index in [1.54, 1.807) is 6.92 Å². The molecule has 0 spiro atoms. The molecule has 27 heavy (non-hydrogen) atoms. The fourth-order valence-corrected chi connectivity index (χ4v) is 3.74. The zero-order valence-electron chi connectivity index (χ0n) is 15.9. The lowest BCUT2D eigenvalue weighted by Gasteiger charge is -2.28. The van der Waals surface area contributed by atoms with E-state index in [1.165, 1.54) is 0 Å². The van der Waals surface area contributed by atoms with Gasteiger partial charge in [-0.1, -0.05) is 41.9 Å². The van der Waals surface area contributed by atoms with Gasteiger partial charge in [0, 0.05) is 11.0 Å². The summed E-state index contributed by atoms with van der Waals surface area (Å²) in [5.41, 5.74) is 7.77. The number of likely N-dealkylation sites (tertiary alicyclic amines) is 1. The number of halogens is 1. The number of H-pyrrole nitrogens is 1. The Balaban J connectivity index is 1.83. The van der Waals surface area contributed by atoms with Crippen molar-refractivity contribution in [2.45, 2.75) is 45.7 Å². The van der Waals surface area contributed by atoms with E-state index >= 15 is 0 Å². The summed E-state index contributed by atoms with van der Waals surface area (Å²) in [6, 6.07) is 7.58. The number of amides is 1. The predicted molar refractivity (Wildman–Crippen MR) is 111 cm³/mol. The van der Waals surface area contributed by atoms with Crippen LogP contribution in [-0.4, -0.2) is 39.2 Å². The Hall–Kier alpha value is -2.15. The maximum atomic E-state index is 13.1. The fraction of sp³-hybridized carbons (Fsp3) is 0.450. The van der Waals surface area contributed by atoms with Gasteiger partial charge in [0.25, 0.3) is 0 Å². The second-order valence-electron chi connectivity index (χ2n) is 7.34. The molecule has 1 saturated heterocycles. The highest BCUT2D eigenvalue weighted by Crippen LogP contribution is 2.33. The van der Waals surface area contributed by atoms with Crippen molar-refractivity contribution < 1.29 is 4.79 Å². The summed E-state index contributed by atoms with van der Waals surface area (Å²) in [6.07, 6.45) is 3.69. The molecular weight excluding hydrogens is 406 g/mol. The van der Waals surface area contributed by atoms with Crippen molar-refractivity contribution >= 4 is 27.7 Å². The van der Waals surface area contributed by atoms with Crippen molar-refractivity contribution in [3.05, 3.63) is 40.8 Å². The second-order valence-corrected chi connectivity index (χ2v) is 8.25. The molecule has 0 bridgehead atoms. The highest BCUT2D eigenvalue weighted by atomic mass is 79.9. The predicted octanol–water partition coefficient (Wildman–Crippen LogP) is 3.90. The Labute approximate surface area is 168 Å². The molecule has 0 aliphatic carbocycles. The Morgan fingerprint density at radius 2 is 2.07 bits per heavy atom. The number of rotatable bonds is 5. The molecule has 1 aliphatic rings. The number of aliphatic imine (C=N–C) groups is 1. The maximum Gasteiger partial charge on any atom is 0.248 e. The van der Waals surface area contributed by atoms with Gasteiger partial charge in [0.1, 0.15) is 11.9 Å². The summed E-state index contributed by atoms with van der Waals surface area (Å²) in [5.74, 6) is 1.38. The zero-order chi connectivity index (χ0) is 19.6. The number of nitrogens with two attached hydrogens (primary N) is 1. The largest absolute Gasteiger partial charge is 0.388 e. The zero-order valence-corrected chi connectivity index (χ0v) is 17.5. The molecule has 6 nitrogen and oxygen atoms in total.